The Morgan fingerprint density at radius 3 is 2.85 bits per heavy atom. The molecule has 0 aromatic heterocycles. The van der Waals surface area contributed by atoms with E-state index in [1.807, 2.05) is 0 Å². The summed E-state index contributed by atoms with van der Waals surface area (Å²) in [5, 5.41) is 8.79. The maximum absolute atomic E-state index is 10.7. The van der Waals surface area contributed by atoms with Crippen LogP contribution in [0.15, 0.2) is 11.1 Å². The van der Waals surface area contributed by atoms with Gasteiger partial charge in [0, 0.05) is 12.7 Å². The van der Waals surface area contributed by atoms with Crippen molar-refractivity contribution in [2.75, 3.05) is 7.11 Å². The summed E-state index contributed by atoms with van der Waals surface area (Å²) < 4.78 is 5.22. The summed E-state index contributed by atoms with van der Waals surface area (Å²) in [7, 11) is 1.68. The molecule has 13 heavy (non-hydrogen) atoms. The zero-order valence-electron chi connectivity index (χ0n) is 8.17. The van der Waals surface area contributed by atoms with E-state index in [0.29, 0.717) is 5.57 Å². The number of hydrogen-bond acceptors (Lipinski definition) is 2. The van der Waals surface area contributed by atoms with E-state index in [1.54, 1.807) is 14.0 Å². The maximum Gasteiger partial charge on any atom is 0.331 e. The average Bonchev–Trinajstić information content (AvgIpc) is 2.16. The third kappa shape index (κ3) is 2.56. The van der Waals surface area contributed by atoms with Gasteiger partial charge in [-0.2, -0.15) is 0 Å². The molecule has 3 heteroatoms. The molecule has 0 saturated heterocycles. The average molecular weight is 184 g/mol. The Bertz CT molecular complexity index is 230. The van der Waals surface area contributed by atoms with Gasteiger partial charge in [0.25, 0.3) is 0 Å². The van der Waals surface area contributed by atoms with Crippen molar-refractivity contribution in [1.82, 2.24) is 0 Å². The third-order valence-electron chi connectivity index (χ3n) is 2.66. The van der Waals surface area contributed by atoms with E-state index < -0.39 is 5.97 Å². The number of aliphatic carboxylic acids is 1. The Kier molecular flexibility index (Phi) is 3.48. The van der Waals surface area contributed by atoms with Crippen LogP contribution in [0.3, 0.4) is 0 Å². The first kappa shape index (κ1) is 10.3. The van der Waals surface area contributed by atoms with Gasteiger partial charge in [-0.05, 0) is 32.6 Å². The van der Waals surface area contributed by atoms with Crippen LogP contribution in [0.1, 0.15) is 32.6 Å². The van der Waals surface area contributed by atoms with Crippen LogP contribution in [0, 0.1) is 0 Å². The fourth-order valence-electron chi connectivity index (χ4n) is 1.72. The van der Waals surface area contributed by atoms with E-state index in [-0.39, 0.29) is 6.10 Å². The van der Waals surface area contributed by atoms with Gasteiger partial charge in [0.05, 0.1) is 6.10 Å². The van der Waals surface area contributed by atoms with Gasteiger partial charge < -0.3 is 9.84 Å². The van der Waals surface area contributed by atoms with Crippen LogP contribution in [0.2, 0.25) is 0 Å². The zero-order valence-corrected chi connectivity index (χ0v) is 8.17. The molecule has 0 heterocycles. The van der Waals surface area contributed by atoms with Crippen LogP contribution in [0.25, 0.3) is 0 Å². The monoisotopic (exact) mass is 184 g/mol. The molecule has 1 rings (SSSR count). The molecule has 74 valence electrons. The molecule has 1 fully saturated rings. The molecule has 1 N–H and O–H groups in total. The van der Waals surface area contributed by atoms with Crippen LogP contribution < -0.4 is 0 Å². The quantitative estimate of drug-likeness (QED) is 0.667. The second-order valence-electron chi connectivity index (χ2n) is 3.49. The van der Waals surface area contributed by atoms with Gasteiger partial charge in [0.2, 0.25) is 0 Å². The Morgan fingerprint density at radius 1 is 1.62 bits per heavy atom. The third-order valence-corrected chi connectivity index (χ3v) is 2.66. The van der Waals surface area contributed by atoms with Gasteiger partial charge in [0.1, 0.15) is 0 Å². The van der Waals surface area contributed by atoms with Crippen molar-refractivity contribution in [2.45, 2.75) is 38.7 Å². The van der Waals surface area contributed by atoms with E-state index >= 15 is 0 Å². The van der Waals surface area contributed by atoms with Gasteiger partial charge in [-0.25, -0.2) is 4.79 Å². The highest BCUT2D eigenvalue weighted by Crippen LogP contribution is 2.27. The first-order valence-electron chi connectivity index (χ1n) is 4.60. The maximum atomic E-state index is 10.7. The number of hydrogen-bond donors (Lipinski definition) is 1. The summed E-state index contributed by atoms with van der Waals surface area (Å²) in [6, 6.07) is 0. The predicted molar refractivity (Wildman–Crippen MR) is 49.6 cm³/mol. The molecule has 0 radical (unpaired) electrons. The van der Waals surface area contributed by atoms with Gasteiger partial charge in [-0.1, -0.05) is 5.57 Å². The fourth-order valence-corrected chi connectivity index (χ4v) is 1.72. The summed E-state index contributed by atoms with van der Waals surface area (Å²) >= 11 is 0. The van der Waals surface area contributed by atoms with Crippen LogP contribution in [-0.2, 0) is 9.53 Å². The summed E-state index contributed by atoms with van der Waals surface area (Å²) in [4.78, 5) is 10.7. The van der Waals surface area contributed by atoms with Crippen molar-refractivity contribution >= 4 is 5.97 Å². The smallest absolute Gasteiger partial charge is 0.331 e. The van der Waals surface area contributed by atoms with E-state index in [4.69, 9.17) is 9.84 Å². The SMILES string of the molecule is COC1CCCC(=C(C)C(=O)O)C1. The van der Waals surface area contributed by atoms with Crippen molar-refractivity contribution in [2.24, 2.45) is 0 Å². The number of ether oxygens (including phenoxy) is 1. The molecule has 0 amide bonds. The van der Waals surface area contributed by atoms with Gasteiger partial charge in [0.15, 0.2) is 0 Å². The van der Waals surface area contributed by atoms with Gasteiger partial charge >= 0.3 is 5.97 Å². The molecular weight excluding hydrogens is 168 g/mol. The topological polar surface area (TPSA) is 46.5 Å². The molecule has 0 aromatic carbocycles. The fraction of sp³-hybridized carbons (Fsp3) is 0.700. The summed E-state index contributed by atoms with van der Waals surface area (Å²) in [5.41, 5.74) is 1.55. The van der Waals surface area contributed by atoms with E-state index in [9.17, 15) is 4.79 Å². The number of rotatable bonds is 2. The lowest BCUT2D eigenvalue weighted by molar-refractivity contribution is -0.132. The summed E-state index contributed by atoms with van der Waals surface area (Å²) in [5.74, 6) is -0.799. The second kappa shape index (κ2) is 4.42. The number of methoxy groups -OCH3 is 1. The van der Waals surface area contributed by atoms with E-state index in [1.165, 1.54) is 0 Å². The largest absolute Gasteiger partial charge is 0.478 e. The first-order chi connectivity index (χ1) is 6.15. The normalized spacial score (nSPS) is 27.1. The van der Waals surface area contributed by atoms with Gasteiger partial charge in [-0.15, -0.1) is 0 Å². The van der Waals surface area contributed by atoms with Crippen LogP contribution >= 0.6 is 0 Å². The highest BCUT2D eigenvalue weighted by atomic mass is 16.5. The number of carboxylic acids is 1. The van der Waals surface area contributed by atoms with Crippen LogP contribution in [0.4, 0.5) is 0 Å². The minimum Gasteiger partial charge on any atom is -0.478 e. The lowest BCUT2D eigenvalue weighted by Crippen LogP contribution is -2.18. The van der Waals surface area contributed by atoms with Crippen molar-refractivity contribution in [1.29, 1.82) is 0 Å². The molecule has 1 saturated carbocycles. The van der Waals surface area contributed by atoms with Crippen molar-refractivity contribution < 1.29 is 14.6 Å². The lowest BCUT2D eigenvalue weighted by Gasteiger charge is -2.23. The first-order valence-corrected chi connectivity index (χ1v) is 4.60. The van der Waals surface area contributed by atoms with Crippen LogP contribution in [-0.4, -0.2) is 24.3 Å². The second-order valence-corrected chi connectivity index (χ2v) is 3.49. The molecular formula is C10H16O3. The van der Waals surface area contributed by atoms with Crippen molar-refractivity contribution in [3.05, 3.63) is 11.1 Å². The van der Waals surface area contributed by atoms with E-state index in [2.05, 4.69) is 0 Å². The lowest BCUT2D eigenvalue weighted by atomic mass is 9.89. The Hall–Kier alpha value is -0.830. The number of carbonyl (C=O) groups is 1. The molecule has 0 spiro atoms. The van der Waals surface area contributed by atoms with Crippen molar-refractivity contribution in [3.63, 3.8) is 0 Å². The highest BCUT2D eigenvalue weighted by molar-refractivity contribution is 5.86. The molecule has 0 aliphatic heterocycles. The molecule has 1 aliphatic carbocycles. The minimum absolute atomic E-state index is 0.220. The summed E-state index contributed by atoms with van der Waals surface area (Å²) in [6.45, 7) is 1.68. The molecule has 1 atom stereocenters. The van der Waals surface area contributed by atoms with Crippen molar-refractivity contribution in [3.8, 4) is 0 Å². The number of carboxylic acid groups (broad SMARTS) is 1. The summed E-state index contributed by atoms with van der Waals surface area (Å²) in [6.07, 6.45) is 4.01. The molecule has 1 aliphatic rings. The molecule has 3 nitrogen and oxygen atoms in total. The standard InChI is InChI=1S/C10H16O3/c1-7(10(11)12)8-4-3-5-9(6-8)13-2/h9H,3-6H2,1-2H3,(H,11,12). The van der Waals surface area contributed by atoms with E-state index in [0.717, 1.165) is 31.3 Å². The van der Waals surface area contributed by atoms with Gasteiger partial charge in [-0.3, -0.25) is 0 Å². The minimum atomic E-state index is -0.799. The van der Waals surface area contributed by atoms with Crippen LogP contribution in [0.5, 0.6) is 0 Å². The molecule has 0 bridgehead atoms. The molecule has 0 aromatic rings. The molecule has 1 unspecified atom stereocenters. The highest BCUT2D eigenvalue weighted by Gasteiger charge is 2.19. The Morgan fingerprint density at radius 2 is 2.31 bits per heavy atom. The Balaban J connectivity index is 2.70. The predicted octanol–water partition coefficient (Wildman–Crippen LogP) is 1.98. The Labute approximate surface area is 78.4 Å². The zero-order chi connectivity index (χ0) is 9.84.